The van der Waals surface area contributed by atoms with E-state index in [1.165, 1.54) is 50.3 Å². The summed E-state index contributed by atoms with van der Waals surface area (Å²) in [4.78, 5) is 14.8. The molecule has 2 aromatic carbocycles. The van der Waals surface area contributed by atoms with Crippen molar-refractivity contribution in [2.24, 2.45) is 11.3 Å². The Labute approximate surface area is 188 Å². The number of benzene rings is 2. The molecule has 2 fully saturated rings. The summed E-state index contributed by atoms with van der Waals surface area (Å²) in [6, 6.07) is 6.59. The molecule has 1 aliphatic carbocycles. The molecule has 1 saturated heterocycles. The van der Waals surface area contributed by atoms with E-state index in [1.54, 1.807) is 11.0 Å². The predicted octanol–water partition coefficient (Wildman–Crippen LogP) is 6.49. The van der Waals surface area contributed by atoms with E-state index in [0.717, 1.165) is 6.07 Å². The Kier molecular flexibility index (Phi) is 6.01. The molecule has 1 heterocycles. The maximum absolute atomic E-state index is 14.6. The molecule has 4 rings (SSSR count). The molecule has 1 aliphatic heterocycles. The summed E-state index contributed by atoms with van der Waals surface area (Å²) in [5.74, 6) is -2.64. The number of anilines is 2. The van der Waals surface area contributed by atoms with Gasteiger partial charge in [0.05, 0.1) is 16.9 Å². The molecule has 0 radical (unpaired) electrons. The minimum absolute atomic E-state index is 0.00961. The number of nitrogens with zero attached hydrogens (tertiary/aromatic N) is 1. The Morgan fingerprint density at radius 3 is 2.43 bits per heavy atom. The Morgan fingerprint density at radius 1 is 1.07 bits per heavy atom. The zero-order chi connectivity index (χ0) is 21.5. The number of carbonyl (C=O) groups excluding carboxylic acids is 1. The van der Waals surface area contributed by atoms with Gasteiger partial charge >= 0.3 is 0 Å². The van der Waals surface area contributed by atoms with Gasteiger partial charge in [-0.15, -0.1) is 0 Å². The van der Waals surface area contributed by atoms with E-state index in [0.29, 0.717) is 22.6 Å². The van der Waals surface area contributed by atoms with Gasteiger partial charge in [0.2, 0.25) is 0 Å². The molecule has 7 heteroatoms. The highest BCUT2D eigenvalue weighted by atomic mass is 127. The molecule has 160 valence electrons. The molecule has 0 spiro atoms. The van der Waals surface area contributed by atoms with Gasteiger partial charge in [0, 0.05) is 22.1 Å². The van der Waals surface area contributed by atoms with E-state index < -0.39 is 17.5 Å². The minimum Gasteiger partial charge on any atom is -0.350 e. The molecule has 0 atom stereocenters. The van der Waals surface area contributed by atoms with Crippen LogP contribution in [0.25, 0.3) is 0 Å². The van der Waals surface area contributed by atoms with Gasteiger partial charge in [-0.3, -0.25) is 4.79 Å². The lowest BCUT2D eigenvalue weighted by Crippen LogP contribution is -2.60. The van der Waals surface area contributed by atoms with Crippen LogP contribution in [0.4, 0.5) is 24.5 Å². The highest BCUT2D eigenvalue weighted by Gasteiger charge is 2.47. The first-order valence-corrected chi connectivity index (χ1v) is 11.4. The first kappa shape index (κ1) is 21.5. The average molecular weight is 528 g/mol. The van der Waals surface area contributed by atoms with Crippen molar-refractivity contribution < 1.29 is 18.0 Å². The van der Waals surface area contributed by atoms with Crippen molar-refractivity contribution in [2.45, 2.75) is 39.0 Å². The molecule has 30 heavy (non-hydrogen) atoms. The summed E-state index contributed by atoms with van der Waals surface area (Å²) >= 11 is 1.96. The molecule has 1 amide bonds. The van der Waals surface area contributed by atoms with Crippen molar-refractivity contribution >= 4 is 39.9 Å². The number of nitrogens with one attached hydrogen (secondary N) is 1. The fourth-order valence-electron chi connectivity index (χ4n) is 4.77. The van der Waals surface area contributed by atoms with E-state index in [2.05, 4.69) is 12.2 Å². The second-order valence-electron chi connectivity index (χ2n) is 8.68. The number of rotatable bonds is 4. The van der Waals surface area contributed by atoms with Crippen LogP contribution in [0.15, 0.2) is 30.3 Å². The second kappa shape index (κ2) is 8.40. The van der Waals surface area contributed by atoms with Gasteiger partial charge in [-0.25, -0.2) is 13.2 Å². The van der Waals surface area contributed by atoms with Crippen LogP contribution in [-0.4, -0.2) is 23.9 Å². The summed E-state index contributed by atoms with van der Waals surface area (Å²) in [7, 11) is 0. The molecular formula is C23H24F3IN2O. The fraction of sp³-hybridized carbons (Fsp3) is 0.435. The van der Waals surface area contributed by atoms with E-state index >= 15 is 0 Å². The Morgan fingerprint density at radius 2 is 1.77 bits per heavy atom. The number of amides is 1. The van der Waals surface area contributed by atoms with Gasteiger partial charge in [0.25, 0.3) is 5.91 Å². The summed E-state index contributed by atoms with van der Waals surface area (Å²) in [5, 5.41) is 2.60. The van der Waals surface area contributed by atoms with Gasteiger partial charge in [-0.05, 0) is 71.7 Å². The van der Waals surface area contributed by atoms with Crippen LogP contribution in [0.5, 0.6) is 0 Å². The average Bonchev–Trinajstić information content (AvgIpc) is 2.71. The standard InChI is InChI=1S/C23H24F3IN2O/c1-23(14-5-3-2-4-6-14)12-29(13-23)22(30)16-8-9-17(24)20(26)21(16)28-19-10-7-15(27)11-18(19)25/h7-11,14,28H,2-6,12-13H2,1H3. The highest BCUT2D eigenvalue weighted by molar-refractivity contribution is 14.1. The predicted molar refractivity (Wildman–Crippen MR) is 119 cm³/mol. The minimum atomic E-state index is -1.19. The molecule has 2 aliphatic rings. The summed E-state index contributed by atoms with van der Waals surface area (Å²) in [5.41, 5.74) is -0.252. The third-order valence-corrected chi connectivity index (χ3v) is 7.17. The molecule has 0 aromatic heterocycles. The zero-order valence-electron chi connectivity index (χ0n) is 16.8. The lowest BCUT2D eigenvalue weighted by Gasteiger charge is -2.53. The van der Waals surface area contributed by atoms with Crippen LogP contribution < -0.4 is 5.32 Å². The molecular weight excluding hydrogens is 504 g/mol. The van der Waals surface area contributed by atoms with Crippen molar-refractivity contribution in [3.05, 3.63) is 56.9 Å². The quantitative estimate of drug-likeness (QED) is 0.460. The zero-order valence-corrected chi connectivity index (χ0v) is 18.9. The lowest BCUT2D eigenvalue weighted by molar-refractivity contribution is -0.0293. The van der Waals surface area contributed by atoms with Gasteiger partial charge in [-0.2, -0.15) is 0 Å². The number of hydrogen-bond donors (Lipinski definition) is 1. The summed E-state index contributed by atoms with van der Waals surface area (Å²) in [6.45, 7) is 3.41. The lowest BCUT2D eigenvalue weighted by atomic mass is 9.65. The highest BCUT2D eigenvalue weighted by Crippen LogP contribution is 2.45. The Balaban J connectivity index is 1.57. The molecule has 1 saturated carbocycles. The first-order valence-electron chi connectivity index (χ1n) is 10.3. The van der Waals surface area contributed by atoms with E-state index in [4.69, 9.17) is 0 Å². The van der Waals surface area contributed by atoms with Crippen LogP contribution in [-0.2, 0) is 0 Å². The Hall–Kier alpha value is -1.77. The van der Waals surface area contributed by atoms with Gasteiger partial charge in [0.15, 0.2) is 11.6 Å². The SMILES string of the molecule is CC1(C2CCCCC2)CN(C(=O)c2ccc(F)c(F)c2Nc2ccc(I)cc2F)C1. The maximum Gasteiger partial charge on any atom is 0.256 e. The van der Waals surface area contributed by atoms with Crippen molar-refractivity contribution in [2.75, 3.05) is 18.4 Å². The van der Waals surface area contributed by atoms with Crippen LogP contribution in [0.1, 0.15) is 49.4 Å². The monoisotopic (exact) mass is 528 g/mol. The second-order valence-corrected chi connectivity index (χ2v) is 9.93. The molecule has 1 N–H and O–H groups in total. The molecule has 3 nitrogen and oxygen atoms in total. The fourth-order valence-corrected chi connectivity index (χ4v) is 5.23. The van der Waals surface area contributed by atoms with E-state index in [-0.39, 0.29) is 28.3 Å². The third kappa shape index (κ3) is 4.05. The van der Waals surface area contributed by atoms with Crippen LogP contribution in [0.2, 0.25) is 0 Å². The largest absolute Gasteiger partial charge is 0.350 e. The van der Waals surface area contributed by atoms with Crippen LogP contribution in [0, 0.1) is 32.4 Å². The van der Waals surface area contributed by atoms with Crippen molar-refractivity contribution in [1.82, 2.24) is 4.90 Å². The third-order valence-electron chi connectivity index (χ3n) is 6.50. The van der Waals surface area contributed by atoms with E-state index in [9.17, 15) is 18.0 Å². The molecule has 0 bridgehead atoms. The van der Waals surface area contributed by atoms with Crippen molar-refractivity contribution in [3.8, 4) is 0 Å². The van der Waals surface area contributed by atoms with E-state index in [1.807, 2.05) is 22.6 Å². The molecule has 0 unspecified atom stereocenters. The molecule has 2 aromatic rings. The van der Waals surface area contributed by atoms with Crippen LogP contribution >= 0.6 is 22.6 Å². The van der Waals surface area contributed by atoms with Crippen molar-refractivity contribution in [3.63, 3.8) is 0 Å². The first-order chi connectivity index (χ1) is 14.3. The maximum atomic E-state index is 14.6. The van der Waals surface area contributed by atoms with Gasteiger partial charge < -0.3 is 10.2 Å². The topological polar surface area (TPSA) is 32.3 Å². The summed E-state index contributed by atoms with van der Waals surface area (Å²) < 4.78 is 43.5. The number of hydrogen-bond acceptors (Lipinski definition) is 2. The summed E-state index contributed by atoms with van der Waals surface area (Å²) in [6.07, 6.45) is 6.10. The van der Waals surface area contributed by atoms with Crippen LogP contribution in [0.3, 0.4) is 0 Å². The smallest absolute Gasteiger partial charge is 0.256 e. The van der Waals surface area contributed by atoms with Crippen molar-refractivity contribution in [1.29, 1.82) is 0 Å². The Bertz CT molecular complexity index is 969. The number of carbonyl (C=O) groups is 1. The number of likely N-dealkylation sites (tertiary alicyclic amines) is 1. The van der Waals surface area contributed by atoms with Gasteiger partial charge in [-0.1, -0.05) is 26.2 Å². The normalized spacial score (nSPS) is 18.8. The van der Waals surface area contributed by atoms with Gasteiger partial charge in [0.1, 0.15) is 5.82 Å². The number of halogens is 4.